The Bertz CT molecular complexity index is 503. The Hall–Kier alpha value is -1.42. The maximum atomic E-state index is 13.8. The molecule has 86 valence electrons. The molecule has 0 saturated carbocycles. The Morgan fingerprint density at radius 3 is 2.75 bits per heavy atom. The van der Waals surface area contributed by atoms with Crippen molar-refractivity contribution in [1.29, 1.82) is 0 Å². The van der Waals surface area contributed by atoms with Crippen molar-refractivity contribution in [2.24, 2.45) is 12.8 Å². The number of rotatable bonds is 3. The molecule has 0 amide bonds. The van der Waals surface area contributed by atoms with Crippen LogP contribution in [0.5, 0.6) is 0 Å². The Morgan fingerprint density at radius 2 is 2.06 bits per heavy atom. The molecule has 0 fully saturated rings. The molecule has 1 aromatic carbocycles. The first-order valence-electron chi connectivity index (χ1n) is 5.18. The predicted molar refractivity (Wildman–Crippen MR) is 60.5 cm³/mol. The fourth-order valence-corrected chi connectivity index (χ4v) is 1.94. The van der Waals surface area contributed by atoms with Gasteiger partial charge in [0.2, 0.25) is 0 Å². The number of fused-ring (bicyclic) bond motifs is 1. The van der Waals surface area contributed by atoms with Crippen LogP contribution in [0.15, 0.2) is 30.5 Å². The Morgan fingerprint density at radius 1 is 1.31 bits per heavy atom. The minimum Gasteiger partial charge on any atom is -0.351 e. The fraction of sp³-hybridized carbons (Fsp3) is 0.333. The van der Waals surface area contributed by atoms with Gasteiger partial charge in [0.05, 0.1) is 0 Å². The summed E-state index contributed by atoms with van der Waals surface area (Å²) in [6.45, 7) is -0.0176. The average Bonchev–Trinajstić information content (AvgIpc) is 2.60. The number of nitrogens with zero attached hydrogens (tertiary/aromatic N) is 1. The van der Waals surface area contributed by atoms with Crippen molar-refractivity contribution in [2.75, 3.05) is 6.54 Å². The lowest BCUT2D eigenvalue weighted by molar-refractivity contribution is -0.00912. The number of nitrogens with two attached hydrogens (primary N) is 1. The lowest BCUT2D eigenvalue weighted by Gasteiger charge is -2.16. The van der Waals surface area contributed by atoms with Crippen LogP contribution in [0.3, 0.4) is 0 Å². The quantitative estimate of drug-likeness (QED) is 0.853. The van der Waals surface area contributed by atoms with Gasteiger partial charge in [-0.2, -0.15) is 0 Å². The summed E-state index contributed by atoms with van der Waals surface area (Å²) in [7, 11) is 1.84. The molecule has 1 aromatic heterocycles. The van der Waals surface area contributed by atoms with Crippen molar-refractivity contribution >= 4 is 10.9 Å². The van der Waals surface area contributed by atoms with Crippen LogP contribution in [0.25, 0.3) is 10.9 Å². The van der Waals surface area contributed by atoms with Crippen LogP contribution in [-0.2, 0) is 13.0 Å². The van der Waals surface area contributed by atoms with Crippen LogP contribution in [0.1, 0.15) is 12.0 Å². The zero-order valence-corrected chi connectivity index (χ0v) is 9.08. The molecule has 0 saturated heterocycles. The Labute approximate surface area is 92.7 Å². The molecular weight excluding hydrogens is 210 g/mol. The number of aryl methyl sites for hydroxylation is 1. The molecule has 1 heterocycles. The third-order valence-corrected chi connectivity index (χ3v) is 2.78. The minimum absolute atomic E-state index is 0.0176. The van der Waals surface area contributed by atoms with E-state index in [0.29, 0.717) is 5.39 Å². The summed E-state index contributed by atoms with van der Waals surface area (Å²) in [5.41, 5.74) is 6.10. The molecule has 2 nitrogen and oxygen atoms in total. The normalized spacial score (nSPS) is 12.2. The zero-order valence-electron chi connectivity index (χ0n) is 9.08. The minimum atomic E-state index is -2.85. The molecule has 2 rings (SSSR count). The lowest BCUT2D eigenvalue weighted by Crippen LogP contribution is -2.18. The van der Waals surface area contributed by atoms with Gasteiger partial charge in [-0.3, -0.25) is 0 Å². The highest BCUT2D eigenvalue weighted by Gasteiger charge is 2.32. The molecular formula is C12H14F2N2. The van der Waals surface area contributed by atoms with Crippen molar-refractivity contribution in [1.82, 2.24) is 4.57 Å². The molecule has 0 radical (unpaired) electrons. The summed E-state index contributed by atoms with van der Waals surface area (Å²) in [5.74, 6) is -2.85. The number of hydrogen-bond donors (Lipinski definition) is 1. The second-order valence-corrected chi connectivity index (χ2v) is 3.91. The third-order valence-electron chi connectivity index (χ3n) is 2.78. The number of aromatic nitrogens is 1. The van der Waals surface area contributed by atoms with E-state index in [2.05, 4.69) is 0 Å². The van der Waals surface area contributed by atoms with E-state index < -0.39 is 5.92 Å². The van der Waals surface area contributed by atoms with E-state index in [1.807, 2.05) is 17.7 Å². The molecule has 0 atom stereocenters. The van der Waals surface area contributed by atoms with E-state index in [-0.39, 0.29) is 18.5 Å². The van der Waals surface area contributed by atoms with Crippen LogP contribution in [0, 0.1) is 0 Å². The summed E-state index contributed by atoms with van der Waals surface area (Å²) in [5, 5.41) is 0.600. The Balaban J connectivity index is 2.60. The van der Waals surface area contributed by atoms with Gasteiger partial charge in [0.15, 0.2) is 0 Å². The van der Waals surface area contributed by atoms with Gasteiger partial charge in [-0.15, -0.1) is 0 Å². The standard InChI is InChI=1S/C12H14F2N2/c1-16-8-5-9-10(3-2-4-11(9)16)12(13,14)6-7-15/h2-5,8H,6-7,15H2,1H3. The van der Waals surface area contributed by atoms with E-state index >= 15 is 0 Å². The smallest absolute Gasteiger partial charge is 0.275 e. The number of hydrogen-bond acceptors (Lipinski definition) is 1. The molecule has 0 aliphatic carbocycles. The third kappa shape index (κ3) is 1.69. The predicted octanol–water partition coefficient (Wildman–Crippen LogP) is 2.62. The van der Waals surface area contributed by atoms with E-state index in [1.54, 1.807) is 18.3 Å². The van der Waals surface area contributed by atoms with E-state index in [9.17, 15) is 8.78 Å². The first-order chi connectivity index (χ1) is 7.56. The molecule has 0 aliphatic rings. The number of alkyl halides is 2. The molecule has 2 N–H and O–H groups in total. The second kappa shape index (κ2) is 3.87. The van der Waals surface area contributed by atoms with Crippen LogP contribution < -0.4 is 5.73 Å². The van der Waals surface area contributed by atoms with Crippen LogP contribution in [0.4, 0.5) is 8.78 Å². The summed E-state index contributed by atoms with van der Waals surface area (Å²) in [6.07, 6.45) is 1.47. The second-order valence-electron chi connectivity index (χ2n) is 3.91. The first kappa shape index (κ1) is 11.1. The summed E-state index contributed by atoms with van der Waals surface area (Å²) in [4.78, 5) is 0. The number of benzene rings is 1. The van der Waals surface area contributed by atoms with Crippen molar-refractivity contribution in [2.45, 2.75) is 12.3 Å². The molecule has 4 heteroatoms. The topological polar surface area (TPSA) is 30.9 Å². The summed E-state index contributed by atoms with van der Waals surface area (Å²) < 4.78 is 29.4. The molecule has 0 unspecified atom stereocenters. The maximum absolute atomic E-state index is 13.8. The van der Waals surface area contributed by atoms with Crippen LogP contribution in [-0.4, -0.2) is 11.1 Å². The van der Waals surface area contributed by atoms with Gasteiger partial charge in [-0.25, -0.2) is 8.78 Å². The highest BCUT2D eigenvalue weighted by molar-refractivity contribution is 5.84. The first-order valence-corrected chi connectivity index (χ1v) is 5.18. The van der Waals surface area contributed by atoms with Crippen molar-refractivity contribution < 1.29 is 8.78 Å². The lowest BCUT2D eigenvalue weighted by atomic mass is 10.0. The van der Waals surface area contributed by atoms with E-state index in [4.69, 9.17) is 5.73 Å². The summed E-state index contributed by atoms with van der Waals surface area (Å²) in [6, 6.07) is 6.67. The van der Waals surface area contributed by atoms with Gasteiger partial charge in [-0.1, -0.05) is 12.1 Å². The zero-order chi connectivity index (χ0) is 11.8. The van der Waals surface area contributed by atoms with Gasteiger partial charge in [0.1, 0.15) is 0 Å². The fourth-order valence-electron chi connectivity index (χ4n) is 1.94. The Kier molecular flexibility index (Phi) is 2.68. The van der Waals surface area contributed by atoms with Crippen LogP contribution in [0.2, 0.25) is 0 Å². The number of halogens is 2. The molecule has 0 spiro atoms. The molecule has 16 heavy (non-hydrogen) atoms. The highest BCUT2D eigenvalue weighted by Crippen LogP contribution is 2.36. The molecule has 0 aliphatic heterocycles. The van der Waals surface area contributed by atoms with Crippen molar-refractivity contribution in [3.8, 4) is 0 Å². The van der Waals surface area contributed by atoms with Gasteiger partial charge >= 0.3 is 0 Å². The van der Waals surface area contributed by atoms with E-state index in [1.165, 1.54) is 6.07 Å². The SMILES string of the molecule is Cn1ccc2c(C(F)(F)CCN)cccc21. The molecule has 0 bridgehead atoms. The van der Waals surface area contributed by atoms with E-state index in [0.717, 1.165) is 5.52 Å². The maximum Gasteiger partial charge on any atom is 0.275 e. The van der Waals surface area contributed by atoms with Gasteiger partial charge < -0.3 is 10.3 Å². The van der Waals surface area contributed by atoms with Crippen molar-refractivity contribution in [3.05, 3.63) is 36.0 Å². The summed E-state index contributed by atoms with van der Waals surface area (Å²) >= 11 is 0. The van der Waals surface area contributed by atoms with Crippen LogP contribution >= 0.6 is 0 Å². The largest absolute Gasteiger partial charge is 0.351 e. The monoisotopic (exact) mass is 224 g/mol. The van der Waals surface area contributed by atoms with Crippen molar-refractivity contribution in [3.63, 3.8) is 0 Å². The average molecular weight is 224 g/mol. The van der Waals surface area contributed by atoms with Gasteiger partial charge in [0.25, 0.3) is 5.92 Å². The van der Waals surface area contributed by atoms with Gasteiger partial charge in [0, 0.05) is 36.1 Å². The van der Waals surface area contributed by atoms with Gasteiger partial charge in [-0.05, 0) is 18.7 Å². The highest BCUT2D eigenvalue weighted by atomic mass is 19.3. The molecule has 2 aromatic rings.